The second-order valence-electron chi connectivity index (χ2n) is 8.96. The fourth-order valence-corrected chi connectivity index (χ4v) is 4.77. The second kappa shape index (κ2) is 10.7. The van der Waals surface area contributed by atoms with E-state index in [1.807, 2.05) is 65.6 Å². The molecule has 0 radical (unpaired) electrons. The van der Waals surface area contributed by atoms with Crippen LogP contribution in [0.15, 0.2) is 72.8 Å². The predicted octanol–water partition coefficient (Wildman–Crippen LogP) is 5.13. The van der Waals surface area contributed by atoms with Crippen molar-refractivity contribution >= 4 is 23.3 Å². The number of hydrogen-bond acceptors (Lipinski definition) is 5. The van der Waals surface area contributed by atoms with Crippen LogP contribution in [0, 0.1) is 5.92 Å². The fraction of sp³-hybridized carbons (Fsp3) is 0.267. The second-order valence-corrected chi connectivity index (χ2v) is 8.96. The summed E-state index contributed by atoms with van der Waals surface area (Å²) in [6.45, 7) is 2.05. The molecule has 0 aliphatic carbocycles. The molecule has 1 fully saturated rings. The van der Waals surface area contributed by atoms with E-state index in [0.717, 1.165) is 11.1 Å². The highest BCUT2D eigenvalue weighted by Gasteiger charge is 2.30. The number of likely N-dealkylation sites (tertiary alicyclic amines) is 1. The number of benzene rings is 3. The molecule has 0 atom stereocenters. The van der Waals surface area contributed by atoms with E-state index in [0.29, 0.717) is 67.5 Å². The Hall–Kier alpha value is -4.06. The van der Waals surface area contributed by atoms with Gasteiger partial charge in [-0.2, -0.15) is 0 Å². The van der Waals surface area contributed by atoms with Gasteiger partial charge in [-0.1, -0.05) is 48.5 Å². The van der Waals surface area contributed by atoms with Crippen LogP contribution in [0.1, 0.15) is 34.3 Å². The summed E-state index contributed by atoms with van der Waals surface area (Å²) in [4.78, 5) is 28.8. The molecule has 0 saturated carbocycles. The minimum Gasteiger partial charge on any atom is -0.496 e. The Labute approximate surface area is 211 Å². The largest absolute Gasteiger partial charge is 0.496 e. The number of carbonyl (C=O) groups is 2. The number of fused-ring (bicyclic) bond motifs is 1. The third-order valence-electron chi connectivity index (χ3n) is 6.73. The maximum absolute atomic E-state index is 13.7. The molecule has 2 aliphatic rings. The highest BCUT2D eigenvalue weighted by atomic mass is 16.6. The third kappa shape index (κ3) is 4.98. The number of Topliss-reactive ketones (excluding diaryl/α,β-unsaturated/α-hetero) is 1. The molecule has 0 spiro atoms. The molecular formula is C30H29NO5. The summed E-state index contributed by atoms with van der Waals surface area (Å²) < 4.78 is 16.7. The van der Waals surface area contributed by atoms with Crippen LogP contribution in [0.5, 0.6) is 17.2 Å². The van der Waals surface area contributed by atoms with E-state index < -0.39 is 0 Å². The number of rotatable bonds is 6. The molecule has 0 N–H and O–H groups in total. The van der Waals surface area contributed by atoms with Crippen LogP contribution in [0.4, 0.5) is 0 Å². The first-order chi connectivity index (χ1) is 17.6. The summed E-state index contributed by atoms with van der Waals surface area (Å²) in [5.41, 5.74) is 2.93. The van der Waals surface area contributed by atoms with Crippen molar-refractivity contribution in [3.63, 3.8) is 0 Å². The van der Waals surface area contributed by atoms with E-state index in [1.54, 1.807) is 25.3 Å². The van der Waals surface area contributed by atoms with Gasteiger partial charge in [-0.05, 0) is 48.7 Å². The molecule has 6 heteroatoms. The minimum absolute atomic E-state index is 0.0441. The average Bonchev–Trinajstić information content (AvgIpc) is 2.95. The maximum Gasteiger partial charge on any atom is 0.254 e. The van der Waals surface area contributed by atoms with Gasteiger partial charge in [-0.15, -0.1) is 0 Å². The van der Waals surface area contributed by atoms with E-state index in [-0.39, 0.29) is 17.6 Å². The first kappa shape index (κ1) is 23.7. The number of ether oxygens (including phenoxy) is 3. The lowest BCUT2D eigenvalue weighted by molar-refractivity contribution is -0.126. The summed E-state index contributed by atoms with van der Waals surface area (Å²) in [6.07, 6.45) is 3.13. The molecule has 36 heavy (non-hydrogen) atoms. The van der Waals surface area contributed by atoms with Gasteiger partial charge < -0.3 is 19.1 Å². The van der Waals surface area contributed by atoms with Crippen molar-refractivity contribution in [2.24, 2.45) is 5.92 Å². The molecule has 5 rings (SSSR count). The van der Waals surface area contributed by atoms with Crippen molar-refractivity contribution in [1.82, 2.24) is 4.90 Å². The van der Waals surface area contributed by atoms with Gasteiger partial charge in [0.25, 0.3) is 5.91 Å². The Kier molecular flexibility index (Phi) is 7.03. The predicted molar refractivity (Wildman–Crippen MR) is 138 cm³/mol. The normalized spacial score (nSPS) is 15.9. The van der Waals surface area contributed by atoms with E-state index in [4.69, 9.17) is 14.2 Å². The van der Waals surface area contributed by atoms with Gasteiger partial charge in [0.15, 0.2) is 17.3 Å². The zero-order valence-electron chi connectivity index (χ0n) is 20.3. The van der Waals surface area contributed by atoms with Crippen molar-refractivity contribution in [2.75, 3.05) is 33.4 Å². The number of ketones is 1. The molecule has 1 saturated heterocycles. The quantitative estimate of drug-likeness (QED) is 0.276. The Bertz CT molecular complexity index is 1280. The molecule has 0 unspecified atom stereocenters. The van der Waals surface area contributed by atoms with Crippen LogP contribution in [-0.2, 0) is 4.79 Å². The SMILES string of the molecule is COc1ccccc1C=C(C(=O)N1CCC(C(=O)c2ccc3c(c2)OCCO3)CC1)c1ccccc1. The highest BCUT2D eigenvalue weighted by molar-refractivity contribution is 6.24. The Morgan fingerprint density at radius 3 is 2.31 bits per heavy atom. The van der Waals surface area contributed by atoms with Crippen molar-refractivity contribution in [1.29, 1.82) is 0 Å². The summed E-state index contributed by atoms with van der Waals surface area (Å²) in [5.74, 6) is 1.92. The van der Waals surface area contributed by atoms with E-state index in [2.05, 4.69) is 0 Å². The van der Waals surface area contributed by atoms with E-state index >= 15 is 0 Å². The third-order valence-corrected chi connectivity index (χ3v) is 6.73. The molecule has 2 heterocycles. The zero-order valence-corrected chi connectivity index (χ0v) is 20.3. The standard InChI is InChI=1S/C30H29NO5/c1-34-26-10-6-5-9-23(26)19-25(21-7-3-2-4-8-21)30(33)31-15-13-22(14-16-31)29(32)24-11-12-27-28(20-24)36-18-17-35-27/h2-12,19-20,22H,13-18H2,1H3. The smallest absolute Gasteiger partial charge is 0.254 e. The molecule has 2 aliphatic heterocycles. The van der Waals surface area contributed by atoms with Crippen LogP contribution >= 0.6 is 0 Å². The van der Waals surface area contributed by atoms with Crippen LogP contribution in [-0.4, -0.2) is 50.0 Å². The van der Waals surface area contributed by atoms with Crippen molar-refractivity contribution in [3.8, 4) is 17.2 Å². The minimum atomic E-state index is -0.130. The van der Waals surface area contributed by atoms with Gasteiger partial charge in [0.05, 0.1) is 7.11 Å². The topological polar surface area (TPSA) is 65.1 Å². The molecular weight excluding hydrogens is 454 g/mol. The first-order valence-corrected chi connectivity index (χ1v) is 12.3. The average molecular weight is 484 g/mol. The maximum atomic E-state index is 13.7. The number of carbonyl (C=O) groups excluding carboxylic acids is 2. The van der Waals surface area contributed by atoms with Crippen molar-refractivity contribution in [3.05, 3.63) is 89.5 Å². The lowest BCUT2D eigenvalue weighted by Gasteiger charge is -2.32. The van der Waals surface area contributed by atoms with Crippen molar-refractivity contribution < 1.29 is 23.8 Å². The molecule has 0 bridgehead atoms. The zero-order chi connectivity index (χ0) is 24.9. The van der Waals surface area contributed by atoms with Crippen LogP contribution in [0.2, 0.25) is 0 Å². The van der Waals surface area contributed by atoms with E-state index in [9.17, 15) is 9.59 Å². The van der Waals surface area contributed by atoms with Gasteiger partial charge in [-0.3, -0.25) is 9.59 Å². The van der Waals surface area contributed by atoms with Gasteiger partial charge >= 0.3 is 0 Å². The van der Waals surface area contributed by atoms with Gasteiger partial charge in [0.2, 0.25) is 0 Å². The molecule has 6 nitrogen and oxygen atoms in total. The van der Waals surface area contributed by atoms with E-state index in [1.165, 1.54) is 0 Å². The Morgan fingerprint density at radius 2 is 1.56 bits per heavy atom. The fourth-order valence-electron chi connectivity index (χ4n) is 4.77. The summed E-state index contributed by atoms with van der Waals surface area (Å²) >= 11 is 0. The monoisotopic (exact) mass is 483 g/mol. The molecule has 3 aromatic rings. The first-order valence-electron chi connectivity index (χ1n) is 12.3. The highest BCUT2D eigenvalue weighted by Crippen LogP contribution is 2.33. The number of para-hydroxylation sites is 1. The van der Waals surface area contributed by atoms with Gasteiger partial charge in [0, 0.05) is 35.7 Å². The van der Waals surface area contributed by atoms with Gasteiger partial charge in [0.1, 0.15) is 19.0 Å². The summed E-state index contributed by atoms with van der Waals surface area (Å²) in [7, 11) is 1.63. The Morgan fingerprint density at radius 1 is 0.861 bits per heavy atom. The number of methoxy groups -OCH3 is 1. The summed E-state index contributed by atoms with van der Waals surface area (Å²) in [5, 5.41) is 0. The van der Waals surface area contributed by atoms with Crippen LogP contribution in [0.3, 0.4) is 0 Å². The van der Waals surface area contributed by atoms with Gasteiger partial charge in [-0.25, -0.2) is 0 Å². The van der Waals surface area contributed by atoms with Crippen LogP contribution in [0.25, 0.3) is 11.6 Å². The number of hydrogen-bond donors (Lipinski definition) is 0. The van der Waals surface area contributed by atoms with Crippen LogP contribution < -0.4 is 14.2 Å². The molecule has 184 valence electrons. The van der Waals surface area contributed by atoms with Crippen molar-refractivity contribution in [2.45, 2.75) is 12.8 Å². The Balaban J connectivity index is 1.32. The molecule has 0 aromatic heterocycles. The summed E-state index contributed by atoms with van der Waals surface area (Å²) in [6, 6.07) is 22.7. The molecule has 3 aromatic carbocycles. The number of piperidine rings is 1. The number of amides is 1. The lowest BCUT2D eigenvalue weighted by Crippen LogP contribution is -2.40. The number of nitrogens with zero attached hydrogens (tertiary/aromatic N) is 1. The lowest BCUT2D eigenvalue weighted by atomic mass is 9.88. The molecule has 1 amide bonds.